The maximum atomic E-state index is 13.0. The van der Waals surface area contributed by atoms with Crippen molar-refractivity contribution in [2.24, 2.45) is 0 Å². The molecule has 3 aromatic rings. The quantitative estimate of drug-likeness (QED) is 0.650. The number of hydrogen-bond acceptors (Lipinski definition) is 4. The fourth-order valence-corrected chi connectivity index (χ4v) is 2.13. The molecule has 0 radical (unpaired) electrons. The molecule has 0 saturated carbocycles. The van der Waals surface area contributed by atoms with Gasteiger partial charge in [-0.05, 0) is 0 Å². The van der Waals surface area contributed by atoms with Crippen LogP contribution in [0.1, 0.15) is 18.1 Å². The zero-order chi connectivity index (χ0) is 18.2. The third kappa shape index (κ3) is 3.76. The summed E-state index contributed by atoms with van der Waals surface area (Å²) >= 11 is 5.66. The van der Waals surface area contributed by atoms with Gasteiger partial charge in [0.1, 0.15) is 11.6 Å². The van der Waals surface area contributed by atoms with E-state index < -0.39 is 18.4 Å². The first kappa shape index (κ1) is 17.3. The van der Waals surface area contributed by atoms with E-state index in [1.807, 2.05) is 0 Å². The highest BCUT2D eigenvalue weighted by Crippen LogP contribution is 2.31. The van der Waals surface area contributed by atoms with E-state index in [9.17, 15) is 22.0 Å². The van der Waals surface area contributed by atoms with Gasteiger partial charge in [-0.15, -0.1) is 0 Å². The summed E-state index contributed by atoms with van der Waals surface area (Å²) in [6.07, 6.45) is 0.562. The molecule has 0 unspecified atom stereocenters. The molecule has 12 heteroatoms. The number of halogens is 6. The van der Waals surface area contributed by atoms with Gasteiger partial charge >= 0.3 is 12.7 Å². The van der Waals surface area contributed by atoms with Gasteiger partial charge in [0.25, 0.3) is 0 Å². The third-order valence-corrected chi connectivity index (χ3v) is 3.31. The summed E-state index contributed by atoms with van der Waals surface area (Å²) in [4.78, 5) is 11.3. The summed E-state index contributed by atoms with van der Waals surface area (Å²) in [5.74, 6) is -0.00389. The minimum absolute atomic E-state index is 0.00441. The van der Waals surface area contributed by atoms with Crippen LogP contribution in [0.5, 0.6) is 0 Å². The Morgan fingerprint density at radius 2 is 1.76 bits per heavy atom. The molecule has 6 nitrogen and oxygen atoms in total. The zero-order valence-corrected chi connectivity index (χ0v) is 12.9. The molecule has 0 bridgehead atoms. The number of alkyl halides is 5. The van der Waals surface area contributed by atoms with Crippen molar-refractivity contribution in [3.8, 4) is 11.4 Å². The van der Waals surface area contributed by atoms with E-state index in [-0.39, 0.29) is 28.8 Å². The first-order valence-electron chi connectivity index (χ1n) is 6.67. The molecule has 0 aliphatic rings. The first-order chi connectivity index (χ1) is 11.7. The van der Waals surface area contributed by atoms with Gasteiger partial charge in [0, 0.05) is 24.8 Å². The number of aromatic nitrogens is 6. The Hall–Kier alpha value is -2.56. The van der Waals surface area contributed by atoms with E-state index in [2.05, 4.69) is 20.1 Å². The van der Waals surface area contributed by atoms with Crippen molar-refractivity contribution in [2.75, 3.05) is 0 Å². The molecule has 0 N–H and O–H groups in total. The number of nitrogens with zero attached hydrogens (tertiary/aromatic N) is 6. The predicted octanol–water partition coefficient (Wildman–Crippen LogP) is 3.65. The Labute approximate surface area is 141 Å². The second kappa shape index (κ2) is 6.39. The summed E-state index contributed by atoms with van der Waals surface area (Å²) in [5.41, 5.74) is -1.16. The van der Waals surface area contributed by atoms with Gasteiger partial charge in [0.2, 0.25) is 0 Å². The molecule has 0 aromatic carbocycles. The van der Waals surface area contributed by atoms with Crippen LogP contribution < -0.4 is 0 Å². The molecule has 0 spiro atoms. The molecule has 3 rings (SSSR count). The first-order valence-corrected chi connectivity index (χ1v) is 7.05. The lowest BCUT2D eigenvalue weighted by Gasteiger charge is -2.05. The second-order valence-electron chi connectivity index (χ2n) is 4.88. The van der Waals surface area contributed by atoms with Crippen LogP contribution >= 0.6 is 11.6 Å². The Balaban J connectivity index is 2.02. The Bertz CT molecular complexity index is 870. The van der Waals surface area contributed by atoms with Gasteiger partial charge in [-0.2, -0.15) is 27.1 Å². The van der Waals surface area contributed by atoms with Crippen LogP contribution in [0, 0.1) is 0 Å². The summed E-state index contributed by atoms with van der Waals surface area (Å²) in [6.45, 7) is -3.08. The fourth-order valence-electron chi connectivity index (χ4n) is 2.04. The molecule has 3 heterocycles. The SMILES string of the molecule is FC(F)n1cc(-c2nc(C(F)(F)F)cn2Cc2ncc(Cl)cn2)cn1. The second-order valence-corrected chi connectivity index (χ2v) is 5.32. The average Bonchev–Trinajstić information content (AvgIpc) is 3.15. The van der Waals surface area contributed by atoms with Crippen LogP contribution in [0.15, 0.2) is 31.0 Å². The third-order valence-electron chi connectivity index (χ3n) is 3.11. The highest BCUT2D eigenvalue weighted by molar-refractivity contribution is 6.30. The van der Waals surface area contributed by atoms with Gasteiger partial charge in [-0.1, -0.05) is 11.6 Å². The molecule has 0 saturated heterocycles. The van der Waals surface area contributed by atoms with Crippen LogP contribution in [0.2, 0.25) is 5.02 Å². The maximum absolute atomic E-state index is 13.0. The Morgan fingerprint density at radius 1 is 1.08 bits per heavy atom. The minimum atomic E-state index is -4.69. The number of rotatable bonds is 4. The van der Waals surface area contributed by atoms with Gasteiger partial charge in [0.15, 0.2) is 5.69 Å². The molecule has 0 atom stereocenters. The number of imidazole rings is 1. The fraction of sp³-hybridized carbons (Fsp3) is 0.231. The zero-order valence-electron chi connectivity index (χ0n) is 12.1. The molecule has 0 fully saturated rings. The van der Waals surface area contributed by atoms with Crippen molar-refractivity contribution in [3.63, 3.8) is 0 Å². The summed E-state index contributed by atoms with van der Waals surface area (Å²) in [7, 11) is 0. The van der Waals surface area contributed by atoms with Gasteiger partial charge < -0.3 is 4.57 Å². The molecule has 132 valence electrons. The van der Waals surface area contributed by atoms with Crippen molar-refractivity contribution < 1.29 is 22.0 Å². The van der Waals surface area contributed by atoms with E-state index in [4.69, 9.17) is 11.6 Å². The monoisotopic (exact) mass is 378 g/mol. The number of hydrogen-bond donors (Lipinski definition) is 0. The van der Waals surface area contributed by atoms with Gasteiger partial charge in [0.05, 0.1) is 23.3 Å². The van der Waals surface area contributed by atoms with Crippen molar-refractivity contribution in [2.45, 2.75) is 19.3 Å². The molecular weight excluding hydrogens is 371 g/mol. The molecule has 0 amide bonds. The lowest BCUT2D eigenvalue weighted by molar-refractivity contribution is -0.140. The molecular formula is C13H8ClF5N6. The maximum Gasteiger partial charge on any atom is 0.434 e. The van der Waals surface area contributed by atoms with E-state index in [0.29, 0.717) is 4.68 Å². The van der Waals surface area contributed by atoms with Crippen LogP contribution in [-0.2, 0) is 12.7 Å². The predicted molar refractivity (Wildman–Crippen MR) is 75.8 cm³/mol. The Kier molecular flexibility index (Phi) is 4.41. The van der Waals surface area contributed by atoms with E-state index in [0.717, 1.165) is 23.2 Å². The summed E-state index contributed by atoms with van der Waals surface area (Å²) < 4.78 is 65.6. The molecule has 25 heavy (non-hydrogen) atoms. The minimum Gasteiger partial charge on any atom is -0.323 e. The van der Waals surface area contributed by atoms with Crippen LogP contribution in [0.3, 0.4) is 0 Å². The molecule has 0 aliphatic carbocycles. The Morgan fingerprint density at radius 3 is 2.32 bits per heavy atom. The normalized spacial score (nSPS) is 12.1. The van der Waals surface area contributed by atoms with Gasteiger partial charge in [-0.25, -0.2) is 19.6 Å². The molecule has 0 aliphatic heterocycles. The average molecular weight is 379 g/mol. The van der Waals surface area contributed by atoms with E-state index in [1.165, 1.54) is 12.4 Å². The highest BCUT2D eigenvalue weighted by Gasteiger charge is 2.35. The van der Waals surface area contributed by atoms with Crippen molar-refractivity contribution in [3.05, 3.63) is 47.5 Å². The summed E-state index contributed by atoms with van der Waals surface area (Å²) in [6, 6.07) is 0. The smallest absolute Gasteiger partial charge is 0.323 e. The molecule has 3 aromatic heterocycles. The van der Waals surface area contributed by atoms with Gasteiger partial charge in [-0.3, -0.25) is 0 Å². The van der Waals surface area contributed by atoms with Crippen LogP contribution in [0.25, 0.3) is 11.4 Å². The largest absolute Gasteiger partial charge is 0.434 e. The van der Waals surface area contributed by atoms with Crippen LogP contribution in [0.4, 0.5) is 22.0 Å². The lowest BCUT2D eigenvalue weighted by Crippen LogP contribution is -2.06. The van der Waals surface area contributed by atoms with Crippen molar-refractivity contribution >= 4 is 11.6 Å². The lowest BCUT2D eigenvalue weighted by atomic mass is 10.3. The van der Waals surface area contributed by atoms with Crippen LogP contribution in [-0.4, -0.2) is 29.3 Å². The van der Waals surface area contributed by atoms with Crippen molar-refractivity contribution in [1.29, 1.82) is 0 Å². The highest BCUT2D eigenvalue weighted by atomic mass is 35.5. The standard InChI is InChI=1S/C13H8ClF5N6/c14-8-2-20-10(21-3-8)6-24-5-9(13(17,18)19)23-11(24)7-1-22-25(4-7)12(15)16/h1-5,12H,6H2. The van der Waals surface area contributed by atoms with E-state index in [1.54, 1.807) is 0 Å². The van der Waals surface area contributed by atoms with E-state index >= 15 is 0 Å². The van der Waals surface area contributed by atoms with Crippen molar-refractivity contribution in [1.82, 2.24) is 29.3 Å². The summed E-state index contributed by atoms with van der Waals surface area (Å²) in [5, 5.41) is 3.67. The topological polar surface area (TPSA) is 61.4 Å².